The SMILES string of the molecule is c1ccc(-c2ccc(-c3nc(-c4ccc5oc6cc7ccccc7cc6c5c4-n4c5cc6ccccc6cc5c5ccc6ccccc6c54)nc(-c4cccc5oc6c(-c7ccc8c(-c9nc(-c%10ccc%11oc%12ccccc%12c%11c%10)nc(-c%10ccc%11oc%12cc%13ccccc%13cc%12c%11c%10-n%10c%11ccccc%11c%11cc%12ccccc%12cc%11%10)n9)cccc8c7)cccc6c45)n3)cc2)cc1. The predicted octanol–water partition coefficient (Wildman–Crippen LogP) is 32.1. The molecular weight excluding hydrogens is 1620 g/mol. The molecule has 29 rings (SSSR count). The Kier molecular flexibility index (Phi) is 15.2. The van der Waals surface area contributed by atoms with Crippen molar-refractivity contribution in [1.29, 1.82) is 0 Å². The van der Waals surface area contributed by atoms with E-state index in [-0.39, 0.29) is 0 Å². The minimum absolute atomic E-state index is 0.480. The lowest BCUT2D eigenvalue weighted by Gasteiger charge is -2.17. The highest BCUT2D eigenvalue weighted by Gasteiger charge is 2.31. The van der Waals surface area contributed by atoms with Gasteiger partial charge < -0.3 is 26.8 Å². The fraction of sp³-hybridized carbons (Fsp3) is 0. The van der Waals surface area contributed by atoms with E-state index in [1.165, 1.54) is 0 Å². The third kappa shape index (κ3) is 10.9. The molecule has 0 N–H and O–H groups in total. The third-order valence-corrected chi connectivity index (χ3v) is 27.3. The van der Waals surface area contributed by atoms with Gasteiger partial charge in [0.2, 0.25) is 0 Å². The van der Waals surface area contributed by atoms with Crippen LogP contribution < -0.4 is 0 Å². The van der Waals surface area contributed by atoms with E-state index in [9.17, 15) is 0 Å². The van der Waals surface area contributed by atoms with Crippen molar-refractivity contribution < 1.29 is 17.7 Å². The van der Waals surface area contributed by atoms with Gasteiger partial charge >= 0.3 is 0 Å². The number of hydrogen-bond donors (Lipinski definition) is 0. The number of furan rings is 4. The van der Waals surface area contributed by atoms with E-state index >= 15 is 0 Å². The molecule has 610 valence electrons. The summed E-state index contributed by atoms with van der Waals surface area (Å²) in [4.78, 5) is 34.2. The predicted molar refractivity (Wildman–Crippen MR) is 540 cm³/mol. The molecule has 8 aromatic heterocycles. The van der Waals surface area contributed by atoms with Crippen molar-refractivity contribution in [2.24, 2.45) is 0 Å². The Balaban J connectivity index is 0.625. The molecule has 12 heteroatoms. The molecule has 0 saturated carbocycles. The summed E-state index contributed by atoms with van der Waals surface area (Å²) in [6.07, 6.45) is 0. The van der Waals surface area contributed by atoms with Gasteiger partial charge in [0.15, 0.2) is 34.9 Å². The van der Waals surface area contributed by atoms with Crippen molar-refractivity contribution in [2.75, 3.05) is 0 Å². The molecule has 0 spiro atoms. The number of aromatic nitrogens is 8. The summed E-state index contributed by atoms with van der Waals surface area (Å²) in [6, 6.07) is 142. The van der Waals surface area contributed by atoms with Crippen LogP contribution in [0.25, 0.3) is 298 Å². The van der Waals surface area contributed by atoms with Crippen molar-refractivity contribution >= 4 is 196 Å². The van der Waals surface area contributed by atoms with Crippen LogP contribution in [0.15, 0.2) is 418 Å². The van der Waals surface area contributed by atoms with Crippen LogP contribution >= 0.6 is 0 Å². The molecule has 132 heavy (non-hydrogen) atoms. The van der Waals surface area contributed by atoms with Crippen molar-refractivity contribution in [2.45, 2.75) is 0 Å². The molecule has 0 bridgehead atoms. The van der Waals surface area contributed by atoms with E-state index in [2.05, 4.69) is 367 Å². The highest BCUT2D eigenvalue weighted by molar-refractivity contribution is 6.26. The van der Waals surface area contributed by atoms with Gasteiger partial charge in [0.05, 0.1) is 44.2 Å². The normalized spacial score (nSPS) is 12.2. The number of rotatable bonds is 10. The van der Waals surface area contributed by atoms with Crippen LogP contribution in [0.4, 0.5) is 0 Å². The van der Waals surface area contributed by atoms with Crippen LogP contribution in [0, 0.1) is 0 Å². The second kappa shape index (κ2) is 27.8. The zero-order chi connectivity index (χ0) is 86.1. The van der Waals surface area contributed by atoms with Crippen molar-refractivity contribution in [3.63, 3.8) is 0 Å². The minimum atomic E-state index is 0.480. The maximum atomic E-state index is 7.31. The molecule has 0 unspecified atom stereocenters. The van der Waals surface area contributed by atoms with Crippen LogP contribution in [0.3, 0.4) is 0 Å². The van der Waals surface area contributed by atoms with Gasteiger partial charge in [-0.15, -0.1) is 0 Å². The summed E-state index contributed by atoms with van der Waals surface area (Å²) >= 11 is 0. The second-order valence-electron chi connectivity index (χ2n) is 34.6. The van der Waals surface area contributed by atoms with Gasteiger partial charge in [-0.05, 0) is 191 Å². The molecule has 0 radical (unpaired) electrons. The fourth-order valence-corrected chi connectivity index (χ4v) is 21.2. The first-order valence-electron chi connectivity index (χ1n) is 44.5. The van der Waals surface area contributed by atoms with Crippen LogP contribution in [0.2, 0.25) is 0 Å². The standard InChI is InChI=1S/C120H66N8O4/c1-2-21-67(22-3-1)68-43-45-70(46-44-68)115-121-118(126-120(122-115)92-53-56-105-110(97-61-74-27-7-11-31-78(74)66-107(97)131-105)113(92)128-100-64-76-29-9-5-25-72(76)59-94(100)87-51-47-69-23-12-13-33-83(69)111(87)128)90-39-20-42-103-108(90)89-38-19-36-84(114(89)132-103)80-48-50-82-79(57-80)32-18-37-88(82)117-123-116(81-49-54-102-95(62-81)86-35-15-17-41-101(86)129-102)124-119(125-117)91-52-55-104-109(96-60-73-26-6-10-30-77(73)65-106(96)130-104)112(91)127-98-40-16-14-34-85(98)93-58-71-24-4-8-28-75(71)63-99(93)127/h1-66H. The largest absolute Gasteiger partial charge is 0.456 e. The zero-order valence-electron chi connectivity index (χ0n) is 70.3. The highest BCUT2D eigenvalue weighted by Crippen LogP contribution is 2.51. The summed E-state index contributed by atoms with van der Waals surface area (Å²) in [7, 11) is 0. The van der Waals surface area contributed by atoms with Crippen LogP contribution in [-0.4, -0.2) is 39.0 Å². The van der Waals surface area contributed by atoms with Gasteiger partial charge in [0, 0.05) is 98.2 Å². The van der Waals surface area contributed by atoms with E-state index in [1.807, 2.05) is 42.5 Å². The number of para-hydroxylation sites is 3. The van der Waals surface area contributed by atoms with Crippen LogP contribution in [0.5, 0.6) is 0 Å². The number of fused-ring (bicyclic) bond motifs is 25. The number of nitrogens with zero attached hydrogens (tertiary/aromatic N) is 8. The Labute approximate surface area is 750 Å². The van der Waals surface area contributed by atoms with Gasteiger partial charge in [-0.3, -0.25) is 0 Å². The number of benzene rings is 21. The molecule has 0 fully saturated rings. The van der Waals surface area contributed by atoms with E-state index in [0.29, 0.717) is 40.5 Å². The molecule has 12 nitrogen and oxygen atoms in total. The smallest absolute Gasteiger partial charge is 0.166 e. The molecule has 0 saturated heterocycles. The minimum Gasteiger partial charge on any atom is -0.456 e. The fourth-order valence-electron chi connectivity index (χ4n) is 21.2. The van der Waals surface area contributed by atoms with Gasteiger partial charge in [0.25, 0.3) is 0 Å². The molecule has 0 aliphatic heterocycles. The highest BCUT2D eigenvalue weighted by atomic mass is 16.3. The molecule has 0 atom stereocenters. The Morgan fingerprint density at radius 2 is 0.591 bits per heavy atom. The average Bonchev–Trinajstić information content (AvgIpc) is 1.56. The topological polar surface area (TPSA) is 140 Å². The summed E-state index contributed by atoms with van der Waals surface area (Å²) in [5.74, 6) is 2.96. The van der Waals surface area contributed by atoms with Crippen molar-refractivity contribution in [3.8, 4) is 102 Å². The molecule has 0 aliphatic rings. The Morgan fingerprint density at radius 1 is 0.167 bits per heavy atom. The van der Waals surface area contributed by atoms with Gasteiger partial charge in [-0.2, -0.15) is 0 Å². The van der Waals surface area contributed by atoms with Gasteiger partial charge in [-0.25, -0.2) is 29.9 Å². The van der Waals surface area contributed by atoms with Crippen LogP contribution in [-0.2, 0) is 0 Å². The van der Waals surface area contributed by atoms with E-state index in [1.54, 1.807) is 0 Å². The Hall–Kier alpha value is -18.0. The molecule has 29 aromatic rings. The zero-order valence-corrected chi connectivity index (χ0v) is 70.3. The molecule has 0 aliphatic carbocycles. The number of hydrogen-bond acceptors (Lipinski definition) is 10. The third-order valence-electron chi connectivity index (χ3n) is 27.3. The Morgan fingerprint density at radius 3 is 1.27 bits per heavy atom. The lowest BCUT2D eigenvalue weighted by molar-refractivity contribution is 0.668. The quantitative estimate of drug-likeness (QED) is 0.130. The monoisotopic (exact) mass is 1680 g/mol. The van der Waals surface area contributed by atoms with E-state index < -0.39 is 0 Å². The molecule has 0 amide bonds. The first-order valence-corrected chi connectivity index (χ1v) is 44.5. The molecule has 8 heterocycles. The van der Waals surface area contributed by atoms with E-state index in [0.717, 1.165) is 257 Å². The van der Waals surface area contributed by atoms with Gasteiger partial charge in [-0.1, -0.05) is 285 Å². The van der Waals surface area contributed by atoms with Crippen LogP contribution in [0.1, 0.15) is 0 Å². The summed E-state index contributed by atoms with van der Waals surface area (Å²) < 4.78 is 32.8. The van der Waals surface area contributed by atoms with Gasteiger partial charge in [0.1, 0.15) is 44.7 Å². The van der Waals surface area contributed by atoms with Crippen molar-refractivity contribution in [1.82, 2.24) is 39.0 Å². The van der Waals surface area contributed by atoms with E-state index in [4.69, 9.17) is 47.6 Å². The second-order valence-corrected chi connectivity index (χ2v) is 34.6. The first-order chi connectivity index (χ1) is 65.4. The summed E-state index contributed by atoms with van der Waals surface area (Å²) in [5.41, 5.74) is 20.9. The molecular formula is C120H66N8O4. The maximum absolute atomic E-state index is 7.31. The average molecular weight is 1680 g/mol. The summed E-state index contributed by atoms with van der Waals surface area (Å²) in [6.45, 7) is 0. The van der Waals surface area contributed by atoms with Crippen molar-refractivity contribution in [3.05, 3.63) is 400 Å². The lowest BCUT2D eigenvalue weighted by atomic mass is 9.96. The molecule has 21 aromatic carbocycles. The first kappa shape index (κ1) is 72.2. The lowest BCUT2D eigenvalue weighted by Crippen LogP contribution is -2.04. The Bertz CT molecular complexity index is 10100. The maximum Gasteiger partial charge on any atom is 0.166 e. The summed E-state index contributed by atoms with van der Waals surface area (Å²) in [5, 5.41) is 25.2.